The minimum absolute atomic E-state index is 0.152. The lowest BCUT2D eigenvalue weighted by atomic mass is 9.90. The SMILES string of the molecule is C=C1C(=O)C(=O)c2c(ccc3c(C)cccc23)CO/C(Br)=C\1C. The average Bonchev–Trinajstić information content (AvgIpc) is 2.58. The average molecular weight is 371 g/mol. The highest BCUT2D eigenvalue weighted by molar-refractivity contribution is 9.11. The molecule has 2 aromatic rings. The molecule has 0 atom stereocenters. The molecule has 4 heteroatoms. The summed E-state index contributed by atoms with van der Waals surface area (Å²) in [6.45, 7) is 7.65. The van der Waals surface area contributed by atoms with Crippen molar-refractivity contribution in [3.8, 4) is 0 Å². The maximum absolute atomic E-state index is 12.8. The zero-order valence-corrected chi connectivity index (χ0v) is 14.5. The molecule has 23 heavy (non-hydrogen) atoms. The lowest BCUT2D eigenvalue weighted by Crippen LogP contribution is -2.18. The predicted octanol–water partition coefficient (Wildman–Crippen LogP) is 4.61. The van der Waals surface area contributed by atoms with Gasteiger partial charge in [0.25, 0.3) is 0 Å². The quantitative estimate of drug-likeness (QED) is 0.502. The molecule has 116 valence electrons. The Morgan fingerprint density at radius 2 is 1.78 bits per heavy atom. The number of halogens is 1. The van der Waals surface area contributed by atoms with Gasteiger partial charge in [0.05, 0.1) is 0 Å². The minimum Gasteiger partial charge on any atom is -0.482 e. The molecular formula is C19H15BrO3. The van der Waals surface area contributed by atoms with E-state index >= 15 is 0 Å². The molecule has 0 fully saturated rings. The molecule has 0 amide bonds. The molecule has 0 unspecified atom stereocenters. The fourth-order valence-corrected chi connectivity index (χ4v) is 3.09. The molecule has 0 N–H and O–H groups in total. The smallest absolute Gasteiger partial charge is 0.234 e. The Morgan fingerprint density at radius 1 is 1.04 bits per heavy atom. The number of hydrogen-bond donors (Lipinski definition) is 0. The predicted molar refractivity (Wildman–Crippen MR) is 93.6 cm³/mol. The van der Waals surface area contributed by atoms with Crippen LogP contribution in [0.4, 0.5) is 0 Å². The number of carbonyl (C=O) groups is 2. The third kappa shape index (κ3) is 2.53. The second-order valence-corrected chi connectivity index (χ2v) is 6.31. The van der Waals surface area contributed by atoms with E-state index in [2.05, 4.69) is 22.5 Å². The first-order valence-corrected chi connectivity index (χ1v) is 7.99. The van der Waals surface area contributed by atoms with Crippen LogP contribution in [0.5, 0.6) is 0 Å². The molecule has 0 saturated heterocycles. The van der Waals surface area contributed by atoms with Gasteiger partial charge >= 0.3 is 0 Å². The first-order chi connectivity index (χ1) is 10.9. The van der Waals surface area contributed by atoms with Gasteiger partial charge in [-0.3, -0.25) is 9.59 Å². The highest BCUT2D eigenvalue weighted by Gasteiger charge is 2.27. The van der Waals surface area contributed by atoms with Crippen molar-refractivity contribution in [2.75, 3.05) is 0 Å². The molecule has 1 heterocycles. The summed E-state index contributed by atoms with van der Waals surface area (Å²) in [6.07, 6.45) is 0. The van der Waals surface area contributed by atoms with Gasteiger partial charge in [-0.25, -0.2) is 0 Å². The van der Waals surface area contributed by atoms with Gasteiger partial charge in [-0.2, -0.15) is 0 Å². The molecule has 0 aromatic heterocycles. The Labute approximate surface area is 142 Å². The van der Waals surface area contributed by atoms with Crippen molar-refractivity contribution in [1.82, 2.24) is 0 Å². The molecule has 0 radical (unpaired) electrons. The number of benzene rings is 2. The minimum atomic E-state index is -0.597. The molecule has 0 saturated carbocycles. The molecule has 0 spiro atoms. The van der Waals surface area contributed by atoms with E-state index in [0.717, 1.165) is 16.3 Å². The maximum Gasteiger partial charge on any atom is 0.234 e. The van der Waals surface area contributed by atoms with Crippen LogP contribution in [0.25, 0.3) is 10.8 Å². The second kappa shape index (κ2) is 5.78. The first-order valence-electron chi connectivity index (χ1n) is 7.20. The summed E-state index contributed by atoms with van der Waals surface area (Å²) in [5.74, 6) is -1.13. The van der Waals surface area contributed by atoms with E-state index in [9.17, 15) is 9.59 Å². The highest BCUT2D eigenvalue weighted by Crippen LogP contribution is 2.31. The molecular weight excluding hydrogens is 356 g/mol. The van der Waals surface area contributed by atoms with Gasteiger partial charge in [0.15, 0.2) is 4.67 Å². The van der Waals surface area contributed by atoms with Gasteiger partial charge in [-0.1, -0.05) is 36.9 Å². The number of ketones is 2. The normalized spacial score (nSPS) is 19.0. The Kier molecular flexibility index (Phi) is 3.94. The number of fused-ring (bicyclic) bond motifs is 3. The van der Waals surface area contributed by atoms with E-state index < -0.39 is 11.6 Å². The van der Waals surface area contributed by atoms with Crippen LogP contribution in [0.15, 0.2) is 52.7 Å². The largest absolute Gasteiger partial charge is 0.482 e. The Morgan fingerprint density at radius 3 is 2.52 bits per heavy atom. The van der Waals surface area contributed by atoms with Crippen molar-refractivity contribution in [3.63, 3.8) is 0 Å². The molecule has 0 bridgehead atoms. The van der Waals surface area contributed by atoms with Gasteiger partial charge in [0.1, 0.15) is 6.61 Å². The summed E-state index contributed by atoms with van der Waals surface area (Å²) in [7, 11) is 0. The molecule has 3 nitrogen and oxygen atoms in total. The second-order valence-electron chi connectivity index (χ2n) is 5.59. The van der Waals surface area contributed by atoms with E-state index in [1.54, 1.807) is 6.92 Å². The Hall–Kier alpha value is -2.20. The molecule has 1 aliphatic heterocycles. The van der Waals surface area contributed by atoms with Gasteiger partial charge in [0.2, 0.25) is 11.6 Å². The van der Waals surface area contributed by atoms with E-state index in [1.807, 2.05) is 37.3 Å². The number of Topliss-reactive ketones (excluding diaryl/α,β-unsaturated/α-hetero) is 2. The molecule has 1 aliphatic rings. The van der Waals surface area contributed by atoms with Crippen LogP contribution in [0.2, 0.25) is 0 Å². The van der Waals surface area contributed by atoms with Crippen molar-refractivity contribution in [3.05, 3.63) is 69.4 Å². The van der Waals surface area contributed by atoms with Crippen LogP contribution >= 0.6 is 15.9 Å². The standard InChI is InChI=1S/C19H15BrO3/c1-10-5-4-6-15-14(10)8-7-13-9-23-19(20)12(3)11(2)17(21)18(22)16(13)15/h4-8H,2,9H2,1,3H3/b19-12-. The van der Waals surface area contributed by atoms with Crippen LogP contribution in [0.3, 0.4) is 0 Å². The third-order valence-corrected chi connectivity index (χ3v) is 5.00. The van der Waals surface area contributed by atoms with Crippen molar-refractivity contribution in [1.29, 1.82) is 0 Å². The number of allylic oxidation sites excluding steroid dienone is 2. The van der Waals surface area contributed by atoms with E-state index in [1.165, 1.54) is 0 Å². The van der Waals surface area contributed by atoms with Crippen molar-refractivity contribution >= 4 is 38.3 Å². The van der Waals surface area contributed by atoms with Crippen LogP contribution in [-0.4, -0.2) is 11.6 Å². The summed E-state index contributed by atoms with van der Waals surface area (Å²) in [5, 5.41) is 1.73. The number of carbonyl (C=O) groups excluding carboxylic acids is 2. The lowest BCUT2D eigenvalue weighted by Gasteiger charge is -2.12. The fourth-order valence-electron chi connectivity index (χ4n) is 2.74. The number of rotatable bonds is 0. The maximum atomic E-state index is 12.8. The van der Waals surface area contributed by atoms with Crippen LogP contribution in [0, 0.1) is 6.92 Å². The summed E-state index contributed by atoms with van der Waals surface area (Å²) in [5.41, 5.74) is 2.85. The monoisotopic (exact) mass is 370 g/mol. The van der Waals surface area contributed by atoms with Gasteiger partial charge in [0, 0.05) is 22.3 Å². The topological polar surface area (TPSA) is 43.4 Å². The van der Waals surface area contributed by atoms with E-state index in [-0.39, 0.29) is 12.2 Å². The fraction of sp³-hybridized carbons (Fsp3) is 0.158. The summed E-state index contributed by atoms with van der Waals surface area (Å²) >= 11 is 3.31. The molecule has 0 aliphatic carbocycles. The summed E-state index contributed by atoms with van der Waals surface area (Å²) < 4.78 is 6.11. The van der Waals surface area contributed by atoms with Crippen LogP contribution < -0.4 is 0 Å². The van der Waals surface area contributed by atoms with Crippen molar-refractivity contribution in [2.24, 2.45) is 0 Å². The van der Waals surface area contributed by atoms with Crippen LogP contribution in [-0.2, 0) is 16.1 Å². The summed E-state index contributed by atoms with van der Waals surface area (Å²) in [6, 6.07) is 9.54. The van der Waals surface area contributed by atoms with Gasteiger partial charge < -0.3 is 4.74 Å². The van der Waals surface area contributed by atoms with Crippen LogP contribution in [0.1, 0.15) is 28.4 Å². The van der Waals surface area contributed by atoms with E-state index in [4.69, 9.17) is 4.74 Å². The van der Waals surface area contributed by atoms with Crippen molar-refractivity contribution < 1.29 is 14.3 Å². The lowest BCUT2D eigenvalue weighted by molar-refractivity contribution is -0.111. The molecule has 3 rings (SSSR count). The van der Waals surface area contributed by atoms with E-state index in [0.29, 0.717) is 21.4 Å². The van der Waals surface area contributed by atoms with Crippen molar-refractivity contribution in [2.45, 2.75) is 20.5 Å². The first kappa shape index (κ1) is 15.7. The Balaban J connectivity index is 2.32. The zero-order chi connectivity index (χ0) is 16.7. The van der Waals surface area contributed by atoms with Gasteiger partial charge in [-0.15, -0.1) is 0 Å². The number of ether oxygens (including phenoxy) is 1. The number of hydrogen-bond acceptors (Lipinski definition) is 3. The zero-order valence-electron chi connectivity index (χ0n) is 12.9. The summed E-state index contributed by atoms with van der Waals surface area (Å²) in [4.78, 5) is 25.4. The molecule has 2 aromatic carbocycles. The van der Waals surface area contributed by atoms with Gasteiger partial charge in [-0.05, 0) is 46.1 Å². The Bertz CT molecular complexity index is 906. The number of aryl methyl sites for hydroxylation is 1. The third-order valence-electron chi connectivity index (χ3n) is 4.18. The highest BCUT2D eigenvalue weighted by atomic mass is 79.9.